The van der Waals surface area contributed by atoms with Gasteiger partial charge in [0.15, 0.2) is 0 Å². The molecule has 0 spiro atoms. The molecule has 0 aliphatic carbocycles. The Bertz CT molecular complexity index is 639. The van der Waals surface area contributed by atoms with Crippen LogP contribution in [0.3, 0.4) is 0 Å². The lowest BCUT2D eigenvalue weighted by molar-refractivity contribution is -0.124. The van der Waals surface area contributed by atoms with Crippen molar-refractivity contribution in [1.82, 2.24) is 5.32 Å². The van der Waals surface area contributed by atoms with Crippen LogP contribution >= 0.6 is 0 Å². The van der Waals surface area contributed by atoms with Gasteiger partial charge < -0.3 is 15.4 Å². The summed E-state index contributed by atoms with van der Waals surface area (Å²) in [5.74, 6) is 0.239. The maximum atomic E-state index is 11.7. The van der Waals surface area contributed by atoms with Crippen molar-refractivity contribution in [3.8, 4) is 5.75 Å². The molecule has 0 saturated carbocycles. The van der Waals surface area contributed by atoms with Crippen molar-refractivity contribution in [2.24, 2.45) is 0 Å². The molecule has 2 N–H and O–H groups in total. The first-order valence-corrected chi connectivity index (χ1v) is 7.44. The molecule has 0 aliphatic rings. The SMILES string of the molecule is Cc1ccc(NC(=O)CNC(=O)CCOc2ccccc2)cc1. The summed E-state index contributed by atoms with van der Waals surface area (Å²) in [6.07, 6.45) is 0.201. The number of hydrogen-bond acceptors (Lipinski definition) is 3. The summed E-state index contributed by atoms with van der Waals surface area (Å²) >= 11 is 0. The number of amides is 2. The highest BCUT2D eigenvalue weighted by molar-refractivity contribution is 5.94. The molecule has 0 aliphatic heterocycles. The molecule has 0 saturated heterocycles. The fraction of sp³-hybridized carbons (Fsp3) is 0.222. The van der Waals surface area contributed by atoms with Gasteiger partial charge in [0.25, 0.3) is 0 Å². The van der Waals surface area contributed by atoms with E-state index in [9.17, 15) is 9.59 Å². The molecule has 0 fully saturated rings. The van der Waals surface area contributed by atoms with Crippen LogP contribution in [0.1, 0.15) is 12.0 Å². The van der Waals surface area contributed by atoms with Crippen LogP contribution in [0.15, 0.2) is 54.6 Å². The molecule has 0 aromatic heterocycles. The van der Waals surface area contributed by atoms with Gasteiger partial charge >= 0.3 is 0 Å². The lowest BCUT2D eigenvalue weighted by Crippen LogP contribution is -2.33. The summed E-state index contributed by atoms with van der Waals surface area (Å²) in [4.78, 5) is 23.4. The number of aryl methyl sites for hydroxylation is 1. The van der Waals surface area contributed by atoms with E-state index >= 15 is 0 Å². The fourth-order valence-electron chi connectivity index (χ4n) is 1.89. The average Bonchev–Trinajstić information content (AvgIpc) is 2.56. The van der Waals surface area contributed by atoms with Crippen LogP contribution in [0.25, 0.3) is 0 Å². The van der Waals surface area contributed by atoms with E-state index in [0.717, 1.165) is 11.3 Å². The summed E-state index contributed by atoms with van der Waals surface area (Å²) in [5, 5.41) is 5.29. The lowest BCUT2D eigenvalue weighted by atomic mass is 10.2. The largest absolute Gasteiger partial charge is 0.493 e. The second kappa shape index (κ2) is 8.58. The van der Waals surface area contributed by atoms with Gasteiger partial charge in [-0.3, -0.25) is 9.59 Å². The standard InChI is InChI=1S/C18H20N2O3/c1-14-7-9-15(10-8-14)20-18(22)13-19-17(21)11-12-23-16-5-3-2-4-6-16/h2-10H,11-13H2,1H3,(H,19,21)(H,20,22). The normalized spacial score (nSPS) is 9.96. The summed E-state index contributed by atoms with van der Waals surface area (Å²) in [6.45, 7) is 2.19. The zero-order chi connectivity index (χ0) is 16.5. The minimum atomic E-state index is -0.258. The zero-order valence-electron chi connectivity index (χ0n) is 13.0. The van der Waals surface area contributed by atoms with Crippen molar-refractivity contribution in [2.45, 2.75) is 13.3 Å². The Morgan fingerprint density at radius 3 is 2.35 bits per heavy atom. The Morgan fingerprint density at radius 1 is 0.957 bits per heavy atom. The number of nitrogens with one attached hydrogen (secondary N) is 2. The van der Waals surface area contributed by atoms with Crippen molar-refractivity contribution in [2.75, 3.05) is 18.5 Å². The molecule has 2 rings (SSSR count). The van der Waals surface area contributed by atoms with Gasteiger partial charge in [0.2, 0.25) is 11.8 Å². The van der Waals surface area contributed by atoms with E-state index in [1.807, 2.05) is 61.5 Å². The van der Waals surface area contributed by atoms with Gasteiger partial charge in [0.1, 0.15) is 5.75 Å². The predicted octanol–water partition coefficient (Wildman–Crippen LogP) is 2.52. The van der Waals surface area contributed by atoms with Crippen molar-refractivity contribution in [1.29, 1.82) is 0 Å². The molecule has 23 heavy (non-hydrogen) atoms. The Hall–Kier alpha value is -2.82. The number of rotatable bonds is 7. The number of carbonyl (C=O) groups is 2. The van der Waals surface area contributed by atoms with Gasteiger partial charge in [-0.2, -0.15) is 0 Å². The summed E-state index contributed by atoms with van der Waals surface area (Å²) in [5.41, 5.74) is 1.83. The highest BCUT2D eigenvalue weighted by Crippen LogP contribution is 2.09. The van der Waals surface area contributed by atoms with Gasteiger partial charge in [-0.25, -0.2) is 0 Å². The third kappa shape index (κ3) is 6.22. The second-order valence-corrected chi connectivity index (χ2v) is 5.10. The number of hydrogen-bond donors (Lipinski definition) is 2. The molecule has 2 aromatic carbocycles. The molecule has 0 unspecified atom stereocenters. The third-order valence-electron chi connectivity index (χ3n) is 3.12. The molecule has 5 nitrogen and oxygen atoms in total. The number of carbonyl (C=O) groups excluding carboxylic acids is 2. The van der Waals surface area contributed by atoms with Crippen LogP contribution in [-0.4, -0.2) is 25.0 Å². The molecule has 0 bridgehead atoms. The molecule has 5 heteroatoms. The minimum absolute atomic E-state index is 0.0575. The lowest BCUT2D eigenvalue weighted by Gasteiger charge is -2.08. The van der Waals surface area contributed by atoms with Gasteiger partial charge in [0.05, 0.1) is 19.6 Å². The van der Waals surface area contributed by atoms with Gasteiger partial charge in [-0.05, 0) is 31.2 Å². The Kier molecular flexibility index (Phi) is 6.17. The molecular weight excluding hydrogens is 292 g/mol. The van der Waals surface area contributed by atoms with Crippen LogP contribution in [0.5, 0.6) is 5.75 Å². The number of ether oxygens (including phenoxy) is 1. The van der Waals surface area contributed by atoms with Gasteiger partial charge in [-0.15, -0.1) is 0 Å². The Balaban J connectivity index is 1.63. The minimum Gasteiger partial charge on any atom is -0.493 e. The van der Waals surface area contributed by atoms with E-state index in [2.05, 4.69) is 10.6 Å². The van der Waals surface area contributed by atoms with E-state index in [-0.39, 0.29) is 31.4 Å². The topological polar surface area (TPSA) is 67.4 Å². The highest BCUT2D eigenvalue weighted by atomic mass is 16.5. The van der Waals surface area contributed by atoms with Gasteiger partial charge in [0, 0.05) is 5.69 Å². The molecular formula is C18H20N2O3. The monoisotopic (exact) mass is 312 g/mol. The van der Waals surface area contributed by atoms with E-state index in [4.69, 9.17) is 4.74 Å². The average molecular weight is 312 g/mol. The molecule has 0 radical (unpaired) electrons. The van der Waals surface area contributed by atoms with Crippen molar-refractivity contribution < 1.29 is 14.3 Å². The van der Waals surface area contributed by atoms with Crippen LogP contribution in [0.4, 0.5) is 5.69 Å². The maximum absolute atomic E-state index is 11.7. The summed E-state index contributed by atoms with van der Waals surface area (Å²) in [7, 11) is 0. The molecule has 120 valence electrons. The summed E-state index contributed by atoms with van der Waals surface area (Å²) in [6, 6.07) is 16.7. The maximum Gasteiger partial charge on any atom is 0.243 e. The van der Waals surface area contributed by atoms with E-state index < -0.39 is 0 Å². The third-order valence-corrected chi connectivity index (χ3v) is 3.12. The zero-order valence-corrected chi connectivity index (χ0v) is 13.0. The number of benzene rings is 2. The summed E-state index contributed by atoms with van der Waals surface area (Å²) < 4.78 is 5.43. The molecule has 0 heterocycles. The molecule has 2 amide bonds. The first kappa shape index (κ1) is 16.5. The second-order valence-electron chi connectivity index (χ2n) is 5.10. The Morgan fingerprint density at radius 2 is 1.65 bits per heavy atom. The first-order chi connectivity index (χ1) is 11.1. The predicted molar refractivity (Wildman–Crippen MR) is 89.4 cm³/mol. The van der Waals surface area contributed by atoms with Crippen molar-refractivity contribution in [3.05, 3.63) is 60.2 Å². The van der Waals surface area contributed by atoms with Crippen molar-refractivity contribution >= 4 is 17.5 Å². The Labute approximate surface area is 135 Å². The highest BCUT2D eigenvalue weighted by Gasteiger charge is 2.06. The van der Waals surface area contributed by atoms with E-state index in [1.165, 1.54) is 0 Å². The molecule has 2 aromatic rings. The van der Waals surface area contributed by atoms with Crippen molar-refractivity contribution in [3.63, 3.8) is 0 Å². The fourth-order valence-corrected chi connectivity index (χ4v) is 1.89. The van der Waals surface area contributed by atoms with Crippen LogP contribution in [0, 0.1) is 6.92 Å². The van der Waals surface area contributed by atoms with Crippen LogP contribution in [-0.2, 0) is 9.59 Å². The van der Waals surface area contributed by atoms with E-state index in [1.54, 1.807) is 0 Å². The smallest absolute Gasteiger partial charge is 0.243 e. The van der Waals surface area contributed by atoms with E-state index in [0.29, 0.717) is 5.69 Å². The number of para-hydroxylation sites is 1. The van der Waals surface area contributed by atoms with Crippen LogP contribution in [0.2, 0.25) is 0 Å². The first-order valence-electron chi connectivity index (χ1n) is 7.44. The molecule has 0 atom stereocenters. The quantitative estimate of drug-likeness (QED) is 0.825. The van der Waals surface area contributed by atoms with Crippen LogP contribution < -0.4 is 15.4 Å². The number of anilines is 1. The van der Waals surface area contributed by atoms with Gasteiger partial charge in [-0.1, -0.05) is 35.9 Å².